The van der Waals surface area contributed by atoms with Gasteiger partial charge in [0.05, 0.1) is 10.6 Å². The van der Waals surface area contributed by atoms with E-state index in [1.807, 2.05) is 24.3 Å². The van der Waals surface area contributed by atoms with Gasteiger partial charge in [-0.3, -0.25) is 4.90 Å². The maximum atomic E-state index is 16.8. The summed E-state index contributed by atoms with van der Waals surface area (Å²) in [7, 11) is 0. The first-order valence-corrected chi connectivity index (χ1v) is 15.7. The van der Waals surface area contributed by atoms with Crippen molar-refractivity contribution < 1.29 is 18.6 Å². The van der Waals surface area contributed by atoms with Gasteiger partial charge in [0, 0.05) is 49.1 Å². The molecule has 2 bridgehead atoms. The van der Waals surface area contributed by atoms with E-state index >= 15 is 4.39 Å². The molecule has 0 amide bonds. The fourth-order valence-corrected chi connectivity index (χ4v) is 8.29. The smallest absolute Gasteiger partial charge is 0.319 e. The molecule has 10 heteroatoms. The van der Waals surface area contributed by atoms with Gasteiger partial charge in [-0.05, 0) is 73.2 Å². The number of hydrogen-bond acceptors (Lipinski definition) is 7. The van der Waals surface area contributed by atoms with E-state index < -0.39 is 12.0 Å². The van der Waals surface area contributed by atoms with Crippen molar-refractivity contribution in [1.29, 1.82) is 0 Å². The van der Waals surface area contributed by atoms with Gasteiger partial charge in [0.15, 0.2) is 5.82 Å². The van der Waals surface area contributed by atoms with Crippen LogP contribution in [-0.2, 0) is 0 Å². The van der Waals surface area contributed by atoms with Crippen LogP contribution in [0.5, 0.6) is 11.8 Å². The van der Waals surface area contributed by atoms with Crippen LogP contribution in [0.4, 0.5) is 14.6 Å². The number of alkyl halides is 1. The maximum absolute atomic E-state index is 16.8. The second-order valence-electron chi connectivity index (χ2n) is 12.7. The van der Waals surface area contributed by atoms with Crippen LogP contribution >= 0.6 is 11.6 Å². The zero-order valence-electron chi connectivity index (χ0n) is 23.8. The minimum absolute atomic E-state index is 0.0203. The van der Waals surface area contributed by atoms with Gasteiger partial charge < -0.3 is 20.1 Å². The van der Waals surface area contributed by atoms with E-state index in [1.54, 1.807) is 12.1 Å². The summed E-state index contributed by atoms with van der Waals surface area (Å²) < 4.78 is 37.6. The van der Waals surface area contributed by atoms with E-state index in [9.17, 15) is 9.50 Å². The standard InChI is InChI=1S/C33H34ClF2N5O2/c34-27-14-26-30(29(36)28(27)25-13-23(42)12-19-4-1-2-5-24(19)25)38-32(43-18-33-9-3-10-41(33)16-20(35)15-33)39-31(26)40-11-8-21-6-7-22(17-40)37-21/h1-2,4-5,12-14,20-22,37,42H,3,6-11,15-18H2/t20-,21-,22+,33-/m1/s1. The van der Waals surface area contributed by atoms with Gasteiger partial charge in [0.1, 0.15) is 29.9 Å². The molecular formula is C33H34ClF2N5O2. The second-order valence-corrected chi connectivity index (χ2v) is 13.1. The number of phenols is 1. The Labute approximate surface area is 253 Å². The Morgan fingerprint density at radius 1 is 1.05 bits per heavy atom. The highest BCUT2D eigenvalue weighted by Gasteiger charge is 2.49. The van der Waals surface area contributed by atoms with Crippen molar-refractivity contribution in [1.82, 2.24) is 20.2 Å². The van der Waals surface area contributed by atoms with E-state index in [4.69, 9.17) is 21.3 Å². The van der Waals surface area contributed by atoms with Crippen LogP contribution in [0, 0.1) is 5.82 Å². The first kappa shape index (κ1) is 27.3. The topological polar surface area (TPSA) is 73.8 Å². The Balaban J connectivity index is 1.27. The Hall–Kier alpha value is -3.27. The average Bonchev–Trinajstić information content (AvgIpc) is 3.62. The van der Waals surface area contributed by atoms with Gasteiger partial charge in [-0.1, -0.05) is 35.9 Å². The van der Waals surface area contributed by atoms with Crippen LogP contribution in [0.3, 0.4) is 0 Å². The zero-order chi connectivity index (χ0) is 29.3. The number of rotatable bonds is 5. The molecule has 0 radical (unpaired) electrons. The fourth-order valence-electron chi connectivity index (χ4n) is 8.00. The number of hydrogen-bond donors (Lipinski definition) is 2. The normalized spacial score (nSPS) is 27.2. The molecule has 4 aliphatic heterocycles. The monoisotopic (exact) mass is 605 g/mol. The molecule has 4 atom stereocenters. The summed E-state index contributed by atoms with van der Waals surface area (Å²) in [6.07, 6.45) is 4.60. The highest BCUT2D eigenvalue weighted by Crippen LogP contribution is 2.44. The number of benzene rings is 3. The molecular weight excluding hydrogens is 572 g/mol. The quantitative estimate of drug-likeness (QED) is 0.279. The van der Waals surface area contributed by atoms with Gasteiger partial charge in [-0.15, -0.1) is 0 Å². The summed E-state index contributed by atoms with van der Waals surface area (Å²) in [5.41, 5.74) is 0.391. The van der Waals surface area contributed by atoms with Gasteiger partial charge in [0.25, 0.3) is 0 Å². The molecule has 0 spiro atoms. The molecule has 7 nitrogen and oxygen atoms in total. The third kappa shape index (κ3) is 4.67. The van der Waals surface area contributed by atoms with Crippen LogP contribution in [0.1, 0.15) is 38.5 Å². The highest BCUT2D eigenvalue weighted by atomic mass is 35.5. The molecule has 4 aromatic rings. The van der Waals surface area contributed by atoms with Crippen LogP contribution in [-0.4, -0.2) is 76.6 Å². The lowest BCUT2D eigenvalue weighted by atomic mass is 9.95. The molecule has 0 unspecified atom stereocenters. The Morgan fingerprint density at radius 2 is 1.91 bits per heavy atom. The van der Waals surface area contributed by atoms with E-state index in [2.05, 4.69) is 20.1 Å². The minimum Gasteiger partial charge on any atom is -0.508 e. The number of phenolic OH excluding ortho intramolecular Hbond substituents is 1. The average molecular weight is 606 g/mol. The van der Waals surface area contributed by atoms with Crippen molar-refractivity contribution in [3.63, 3.8) is 0 Å². The number of nitrogens with zero attached hydrogens (tertiary/aromatic N) is 4. The second kappa shape index (κ2) is 10.4. The summed E-state index contributed by atoms with van der Waals surface area (Å²) in [5.74, 6) is 0.0245. The van der Waals surface area contributed by atoms with E-state index in [0.717, 1.165) is 62.5 Å². The minimum atomic E-state index is -0.878. The lowest BCUT2D eigenvalue weighted by Gasteiger charge is -2.31. The molecule has 8 rings (SSSR count). The van der Waals surface area contributed by atoms with Crippen LogP contribution in [0.25, 0.3) is 32.8 Å². The number of fused-ring (bicyclic) bond motifs is 5. The lowest BCUT2D eigenvalue weighted by Crippen LogP contribution is -2.43. The molecule has 0 saturated carbocycles. The number of aromatic nitrogens is 2. The molecule has 4 aliphatic rings. The van der Waals surface area contributed by atoms with Crippen molar-refractivity contribution in [3.05, 3.63) is 53.3 Å². The number of aromatic hydroxyl groups is 1. The highest BCUT2D eigenvalue weighted by molar-refractivity contribution is 6.35. The summed E-state index contributed by atoms with van der Waals surface area (Å²) in [6.45, 7) is 3.03. The Morgan fingerprint density at radius 3 is 2.81 bits per heavy atom. The molecule has 1 aromatic heterocycles. The van der Waals surface area contributed by atoms with Crippen LogP contribution < -0.4 is 15.0 Å². The first-order chi connectivity index (χ1) is 20.9. The van der Waals surface area contributed by atoms with Gasteiger partial charge in [-0.2, -0.15) is 9.97 Å². The zero-order valence-corrected chi connectivity index (χ0v) is 24.6. The molecule has 0 aliphatic carbocycles. The molecule has 224 valence electrons. The maximum Gasteiger partial charge on any atom is 0.319 e. The van der Waals surface area contributed by atoms with E-state index in [1.165, 1.54) is 6.07 Å². The molecule has 5 heterocycles. The van der Waals surface area contributed by atoms with Crippen molar-refractivity contribution in [3.8, 4) is 22.9 Å². The van der Waals surface area contributed by atoms with Gasteiger partial charge >= 0.3 is 6.01 Å². The Bertz CT molecular complexity index is 1740. The third-order valence-corrected chi connectivity index (χ3v) is 10.3. The summed E-state index contributed by atoms with van der Waals surface area (Å²) in [4.78, 5) is 13.9. The number of halogens is 3. The number of nitrogens with one attached hydrogen (secondary N) is 1. The predicted molar refractivity (Wildman–Crippen MR) is 164 cm³/mol. The lowest BCUT2D eigenvalue weighted by molar-refractivity contribution is 0.107. The molecule has 4 saturated heterocycles. The number of ether oxygens (including phenoxy) is 1. The number of anilines is 1. The summed E-state index contributed by atoms with van der Waals surface area (Å²) >= 11 is 6.88. The van der Waals surface area contributed by atoms with E-state index in [-0.39, 0.29) is 40.0 Å². The van der Waals surface area contributed by atoms with Crippen LogP contribution in [0.15, 0.2) is 42.5 Å². The van der Waals surface area contributed by atoms with Crippen molar-refractivity contribution >= 4 is 39.1 Å². The SMILES string of the molecule is Oc1cc(-c2c(Cl)cc3c(N4CC[C@H]5CC[C@@H](C4)N5)nc(OC[C@]45CCCN4C[C@H](F)C5)nc3c2F)c2ccccc2c1. The van der Waals surface area contributed by atoms with Crippen molar-refractivity contribution in [2.45, 2.75) is 62.3 Å². The van der Waals surface area contributed by atoms with Crippen molar-refractivity contribution in [2.24, 2.45) is 0 Å². The van der Waals surface area contributed by atoms with E-state index in [0.29, 0.717) is 41.8 Å². The van der Waals surface area contributed by atoms with Gasteiger partial charge in [0.2, 0.25) is 0 Å². The fraction of sp³-hybridized carbons (Fsp3) is 0.455. The third-order valence-electron chi connectivity index (χ3n) is 10.0. The molecule has 3 aromatic carbocycles. The van der Waals surface area contributed by atoms with Crippen LogP contribution in [0.2, 0.25) is 5.02 Å². The predicted octanol–water partition coefficient (Wildman–Crippen LogP) is 6.23. The largest absolute Gasteiger partial charge is 0.508 e. The molecule has 4 fully saturated rings. The summed E-state index contributed by atoms with van der Waals surface area (Å²) in [6, 6.07) is 13.3. The Kier molecular flexibility index (Phi) is 6.62. The van der Waals surface area contributed by atoms with Crippen molar-refractivity contribution in [2.75, 3.05) is 37.7 Å². The summed E-state index contributed by atoms with van der Waals surface area (Å²) in [5, 5.41) is 16.5. The molecule has 2 N–H and O–H groups in total. The molecule has 43 heavy (non-hydrogen) atoms. The first-order valence-electron chi connectivity index (χ1n) is 15.3. The van der Waals surface area contributed by atoms with Gasteiger partial charge in [-0.25, -0.2) is 8.78 Å².